The Morgan fingerprint density at radius 2 is 2.40 bits per heavy atom. The van der Waals surface area contributed by atoms with E-state index in [0.717, 1.165) is 12.1 Å². The van der Waals surface area contributed by atoms with E-state index in [-0.39, 0.29) is 12.5 Å². The molecule has 1 aromatic heterocycles. The Morgan fingerprint density at radius 3 is 2.93 bits per heavy atom. The molecule has 0 aliphatic carbocycles. The zero-order valence-electron chi connectivity index (χ0n) is 8.90. The summed E-state index contributed by atoms with van der Waals surface area (Å²) in [6.45, 7) is 3.79. The summed E-state index contributed by atoms with van der Waals surface area (Å²) in [5, 5.41) is 11.7. The Hall–Kier alpha value is -1.65. The van der Waals surface area contributed by atoms with Crippen LogP contribution in [0.5, 0.6) is 0 Å². The number of aliphatic carboxylic acids is 1. The van der Waals surface area contributed by atoms with Gasteiger partial charge in [0.05, 0.1) is 6.42 Å². The number of carbonyl (C=O) groups is 1. The van der Waals surface area contributed by atoms with E-state index in [2.05, 4.69) is 15.3 Å². The zero-order chi connectivity index (χ0) is 11.3. The number of aryl methyl sites for hydroxylation is 1. The van der Waals surface area contributed by atoms with Crippen molar-refractivity contribution < 1.29 is 9.90 Å². The second-order valence-corrected chi connectivity index (χ2v) is 3.37. The van der Waals surface area contributed by atoms with E-state index in [4.69, 9.17) is 5.11 Å². The maximum Gasteiger partial charge on any atom is 0.305 e. The number of rotatable bonds is 5. The molecule has 82 valence electrons. The first-order valence-corrected chi connectivity index (χ1v) is 4.89. The molecule has 5 heteroatoms. The molecule has 1 aromatic rings. The number of carboxylic acid groups (broad SMARTS) is 1. The number of nitrogens with zero attached hydrogens (tertiary/aromatic N) is 2. The predicted molar refractivity (Wildman–Crippen MR) is 56.7 cm³/mol. The molecule has 0 saturated carbocycles. The van der Waals surface area contributed by atoms with Crippen LogP contribution >= 0.6 is 0 Å². The predicted octanol–water partition coefficient (Wildman–Crippen LogP) is 1.45. The van der Waals surface area contributed by atoms with E-state index in [9.17, 15) is 4.79 Å². The topological polar surface area (TPSA) is 75.1 Å². The molecular weight excluding hydrogens is 194 g/mol. The van der Waals surface area contributed by atoms with E-state index in [1.807, 2.05) is 13.8 Å². The maximum absolute atomic E-state index is 10.5. The molecule has 0 amide bonds. The fourth-order valence-corrected chi connectivity index (χ4v) is 1.21. The average Bonchev–Trinajstić information content (AvgIpc) is 2.16. The first-order valence-electron chi connectivity index (χ1n) is 4.89. The fourth-order valence-electron chi connectivity index (χ4n) is 1.21. The van der Waals surface area contributed by atoms with Crippen LogP contribution in [0.25, 0.3) is 0 Å². The molecule has 0 fully saturated rings. The van der Waals surface area contributed by atoms with Gasteiger partial charge < -0.3 is 10.4 Å². The number of anilines is 1. The summed E-state index contributed by atoms with van der Waals surface area (Å²) < 4.78 is 0. The third-order valence-corrected chi connectivity index (χ3v) is 2.04. The van der Waals surface area contributed by atoms with Gasteiger partial charge in [-0.3, -0.25) is 4.79 Å². The van der Waals surface area contributed by atoms with Crippen molar-refractivity contribution in [3.05, 3.63) is 18.0 Å². The van der Waals surface area contributed by atoms with Crippen LogP contribution in [-0.2, 0) is 4.79 Å². The van der Waals surface area contributed by atoms with Gasteiger partial charge >= 0.3 is 5.97 Å². The summed E-state index contributed by atoms with van der Waals surface area (Å²) in [7, 11) is 0. The van der Waals surface area contributed by atoms with Crippen LogP contribution in [0.2, 0.25) is 0 Å². The van der Waals surface area contributed by atoms with Gasteiger partial charge in [0.1, 0.15) is 0 Å². The highest BCUT2D eigenvalue weighted by Crippen LogP contribution is 2.06. The van der Waals surface area contributed by atoms with Crippen molar-refractivity contribution in [3.63, 3.8) is 0 Å². The van der Waals surface area contributed by atoms with E-state index in [0.29, 0.717) is 5.95 Å². The standard InChI is InChI=1S/C10H15N3O2/c1-3-8(6-9(14)15)13-10-11-5-4-7(2)12-10/h4-5,8H,3,6H2,1-2H3,(H,14,15)(H,11,12,13). The number of hydrogen-bond acceptors (Lipinski definition) is 4. The molecule has 0 aliphatic heterocycles. The Balaban J connectivity index is 2.62. The molecule has 0 bridgehead atoms. The van der Waals surface area contributed by atoms with Crippen molar-refractivity contribution in [3.8, 4) is 0 Å². The van der Waals surface area contributed by atoms with Gasteiger partial charge in [-0.2, -0.15) is 0 Å². The van der Waals surface area contributed by atoms with E-state index >= 15 is 0 Å². The lowest BCUT2D eigenvalue weighted by atomic mass is 10.1. The molecule has 1 heterocycles. The number of aromatic nitrogens is 2. The quantitative estimate of drug-likeness (QED) is 0.767. The van der Waals surface area contributed by atoms with Crippen molar-refractivity contribution in [1.29, 1.82) is 0 Å². The Kier molecular flexibility index (Phi) is 4.03. The summed E-state index contributed by atoms with van der Waals surface area (Å²) in [4.78, 5) is 18.7. The molecule has 0 spiro atoms. The van der Waals surface area contributed by atoms with Crippen LogP contribution in [0.1, 0.15) is 25.5 Å². The molecule has 0 aliphatic rings. The molecule has 15 heavy (non-hydrogen) atoms. The first kappa shape index (κ1) is 11.4. The van der Waals surface area contributed by atoms with Crippen molar-refractivity contribution in [2.75, 3.05) is 5.32 Å². The van der Waals surface area contributed by atoms with Gasteiger partial charge in [-0.05, 0) is 19.4 Å². The third-order valence-electron chi connectivity index (χ3n) is 2.04. The molecule has 5 nitrogen and oxygen atoms in total. The van der Waals surface area contributed by atoms with Gasteiger partial charge in [0.25, 0.3) is 0 Å². The summed E-state index contributed by atoms with van der Waals surface area (Å²) in [6.07, 6.45) is 2.45. The molecule has 1 rings (SSSR count). The second-order valence-electron chi connectivity index (χ2n) is 3.37. The summed E-state index contributed by atoms with van der Waals surface area (Å²) >= 11 is 0. The lowest BCUT2D eigenvalue weighted by molar-refractivity contribution is -0.137. The Bertz CT molecular complexity index is 341. The van der Waals surface area contributed by atoms with Gasteiger partial charge in [-0.25, -0.2) is 9.97 Å². The third kappa shape index (κ3) is 3.93. The largest absolute Gasteiger partial charge is 0.481 e. The smallest absolute Gasteiger partial charge is 0.305 e. The minimum atomic E-state index is -0.818. The van der Waals surface area contributed by atoms with Crippen LogP contribution in [0.15, 0.2) is 12.3 Å². The summed E-state index contributed by atoms with van der Waals surface area (Å²) in [6, 6.07) is 1.67. The fraction of sp³-hybridized carbons (Fsp3) is 0.500. The van der Waals surface area contributed by atoms with Crippen molar-refractivity contribution in [2.24, 2.45) is 0 Å². The normalized spacial score (nSPS) is 12.1. The number of hydrogen-bond donors (Lipinski definition) is 2. The van der Waals surface area contributed by atoms with Crippen LogP contribution in [0.3, 0.4) is 0 Å². The SMILES string of the molecule is CCC(CC(=O)O)Nc1nccc(C)n1. The molecule has 1 atom stereocenters. The highest BCUT2D eigenvalue weighted by Gasteiger charge is 2.11. The average molecular weight is 209 g/mol. The van der Waals surface area contributed by atoms with Crippen LogP contribution < -0.4 is 5.32 Å². The maximum atomic E-state index is 10.5. The van der Waals surface area contributed by atoms with E-state index < -0.39 is 5.97 Å². The van der Waals surface area contributed by atoms with Crippen molar-refractivity contribution in [2.45, 2.75) is 32.7 Å². The lowest BCUT2D eigenvalue weighted by Crippen LogP contribution is -2.23. The molecular formula is C10H15N3O2. The van der Waals surface area contributed by atoms with Crippen molar-refractivity contribution >= 4 is 11.9 Å². The zero-order valence-corrected chi connectivity index (χ0v) is 8.90. The Morgan fingerprint density at radius 1 is 1.67 bits per heavy atom. The van der Waals surface area contributed by atoms with Crippen LogP contribution in [0.4, 0.5) is 5.95 Å². The summed E-state index contributed by atoms with van der Waals surface area (Å²) in [5.74, 6) is -0.329. The molecule has 1 unspecified atom stereocenters. The van der Waals surface area contributed by atoms with Gasteiger partial charge in [-0.15, -0.1) is 0 Å². The van der Waals surface area contributed by atoms with Crippen LogP contribution in [-0.4, -0.2) is 27.1 Å². The highest BCUT2D eigenvalue weighted by molar-refractivity contribution is 5.68. The van der Waals surface area contributed by atoms with Gasteiger partial charge in [0.2, 0.25) is 5.95 Å². The highest BCUT2D eigenvalue weighted by atomic mass is 16.4. The molecule has 0 saturated heterocycles. The lowest BCUT2D eigenvalue weighted by Gasteiger charge is -2.14. The van der Waals surface area contributed by atoms with Gasteiger partial charge in [0, 0.05) is 17.9 Å². The first-order chi connectivity index (χ1) is 7.11. The van der Waals surface area contributed by atoms with Gasteiger partial charge in [0.15, 0.2) is 0 Å². The number of nitrogens with one attached hydrogen (secondary N) is 1. The minimum Gasteiger partial charge on any atom is -0.481 e. The number of carboxylic acids is 1. The van der Waals surface area contributed by atoms with E-state index in [1.165, 1.54) is 0 Å². The monoisotopic (exact) mass is 209 g/mol. The second kappa shape index (κ2) is 5.29. The molecule has 0 radical (unpaired) electrons. The van der Waals surface area contributed by atoms with Gasteiger partial charge in [-0.1, -0.05) is 6.92 Å². The van der Waals surface area contributed by atoms with Crippen molar-refractivity contribution in [1.82, 2.24) is 9.97 Å². The molecule has 0 aromatic carbocycles. The van der Waals surface area contributed by atoms with E-state index in [1.54, 1.807) is 12.3 Å². The molecule has 2 N–H and O–H groups in total. The summed E-state index contributed by atoms with van der Waals surface area (Å²) in [5.41, 5.74) is 0.859. The van der Waals surface area contributed by atoms with Crippen LogP contribution in [0, 0.1) is 6.92 Å². The Labute approximate surface area is 88.6 Å². The minimum absolute atomic E-state index is 0.0772.